The zero-order chi connectivity index (χ0) is 21.5. The summed E-state index contributed by atoms with van der Waals surface area (Å²) in [5, 5.41) is 4.45. The minimum atomic E-state index is -0.114. The summed E-state index contributed by atoms with van der Waals surface area (Å²) in [6.45, 7) is 8.01. The Balaban J connectivity index is 1.48. The van der Waals surface area contributed by atoms with Crippen LogP contribution in [0.3, 0.4) is 0 Å². The molecular weight excluding hydrogens is 376 g/mol. The van der Waals surface area contributed by atoms with Crippen LogP contribution >= 0.6 is 0 Å². The van der Waals surface area contributed by atoms with Gasteiger partial charge < -0.3 is 14.5 Å². The van der Waals surface area contributed by atoms with Crippen molar-refractivity contribution in [3.05, 3.63) is 11.6 Å². The number of rotatable bonds is 5. The molecule has 0 unspecified atom stereocenters. The van der Waals surface area contributed by atoms with Gasteiger partial charge in [0.1, 0.15) is 12.7 Å². The lowest BCUT2D eigenvalue weighted by Gasteiger charge is -2.58. The Hall–Kier alpha value is -1.36. The Bertz CT molecular complexity index is 730. The van der Waals surface area contributed by atoms with Gasteiger partial charge in [-0.2, -0.15) is 0 Å². The summed E-state index contributed by atoms with van der Waals surface area (Å²) < 4.78 is 5.79. The number of carbonyl (C=O) groups is 1. The molecule has 4 aliphatic rings. The third-order valence-corrected chi connectivity index (χ3v) is 9.01. The molecule has 0 spiro atoms. The molecule has 168 valence electrons. The fourth-order valence-electron chi connectivity index (χ4n) is 7.34. The summed E-state index contributed by atoms with van der Waals surface area (Å²) in [4.78, 5) is 19.3. The molecule has 0 heterocycles. The Kier molecular flexibility index (Phi) is 6.04. The highest BCUT2D eigenvalue weighted by atomic mass is 16.6. The number of allylic oxidation sites excluding steroid dienone is 2. The molecule has 0 aromatic rings. The SMILES string of the molecule is CC(=O)O[C@H]1CC[C@H]2[C@@H]3CCC4=C/C(=N/OCCN(C)C)CC[C@]4(C)[C@H]3CC[C@]12C. The zero-order valence-electron chi connectivity index (χ0n) is 19.6. The number of likely N-dealkylation sites (N-methyl/N-ethyl adjacent to an activating group) is 1. The van der Waals surface area contributed by atoms with Gasteiger partial charge in [0.25, 0.3) is 0 Å². The zero-order valence-corrected chi connectivity index (χ0v) is 19.6. The third kappa shape index (κ3) is 3.83. The molecule has 0 N–H and O–H groups in total. The average Bonchev–Trinajstić information content (AvgIpc) is 3.01. The molecule has 0 aromatic heterocycles. The largest absolute Gasteiger partial charge is 0.462 e. The van der Waals surface area contributed by atoms with E-state index in [1.807, 2.05) is 0 Å². The first-order valence-corrected chi connectivity index (χ1v) is 12.0. The molecule has 0 bridgehead atoms. The quantitative estimate of drug-likeness (QED) is 0.366. The highest BCUT2D eigenvalue weighted by molar-refractivity contribution is 5.96. The van der Waals surface area contributed by atoms with Gasteiger partial charge in [0, 0.05) is 18.9 Å². The van der Waals surface area contributed by atoms with Crippen molar-refractivity contribution in [1.29, 1.82) is 0 Å². The van der Waals surface area contributed by atoms with E-state index in [1.54, 1.807) is 12.5 Å². The number of nitrogens with zero attached hydrogens (tertiary/aromatic N) is 2. The minimum absolute atomic E-state index is 0.114. The maximum Gasteiger partial charge on any atom is 0.302 e. The number of hydrogen-bond donors (Lipinski definition) is 0. The lowest BCUT2D eigenvalue weighted by Crippen LogP contribution is -2.51. The van der Waals surface area contributed by atoms with E-state index in [-0.39, 0.29) is 17.5 Å². The molecule has 0 aromatic carbocycles. The van der Waals surface area contributed by atoms with Gasteiger partial charge in [-0.15, -0.1) is 0 Å². The molecule has 4 rings (SSSR count). The third-order valence-electron chi connectivity index (χ3n) is 9.01. The summed E-state index contributed by atoms with van der Waals surface area (Å²) in [7, 11) is 4.11. The van der Waals surface area contributed by atoms with Crippen molar-refractivity contribution in [2.24, 2.45) is 33.7 Å². The maximum atomic E-state index is 11.6. The molecule has 3 saturated carbocycles. The van der Waals surface area contributed by atoms with E-state index in [0.29, 0.717) is 17.9 Å². The van der Waals surface area contributed by atoms with Gasteiger partial charge in [0.05, 0.1) is 5.71 Å². The molecule has 0 aliphatic heterocycles. The Morgan fingerprint density at radius 3 is 2.67 bits per heavy atom. The van der Waals surface area contributed by atoms with Gasteiger partial charge in [0.15, 0.2) is 0 Å². The van der Waals surface area contributed by atoms with Crippen LogP contribution in [0.1, 0.15) is 72.1 Å². The van der Waals surface area contributed by atoms with E-state index in [2.05, 4.69) is 44.1 Å². The Morgan fingerprint density at radius 2 is 1.93 bits per heavy atom. The van der Waals surface area contributed by atoms with E-state index >= 15 is 0 Å². The summed E-state index contributed by atoms with van der Waals surface area (Å²) in [6, 6.07) is 0. The lowest BCUT2D eigenvalue weighted by atomic mass is 9.47. The number of esters is 1. The summed E-state index contributed by atoms with van der Waals surface area (Å²) in [6.07, 6.45) is 11.9. The second kappa shape index (κ2) is 8.29. The molecule has 5 heteroatoms. The second-order valence-corrected chi connectivity index (χ2v) is 10.9. The van der Waals surface area contributed by atoms with Crippen LogP contribution < -0.4 is 0 Å². The fraction of sp³-hybridized carbons (Fsp3) is 0.840. The first kappa shape index (κ1) is 21.9. The maximum absolute atomic E-state index is 11.6. The van der Waals surface area contributed by atoms with Gasteiger partial charge in [-0.1, -0.05) is 24.6 Å². The monoisotopic (exact) mass is 416 g/mol. The van der Waals surface area contributed by atoms with Crippen molar-refractivity contribution in [2.75, 3.05) is 27.2 Å². The standard InChI is InChI=1S/C25H40N2O3/c1-17(28)30-23-9-8-21-20-7-6-18-16-19(26-29-15-14-27(4)5)10-12-24(18,2)22(20)11-13-25(21,23)3/h16,20-23H,6-15H2,1-5H3/b26-19+/t20-,21-,22-,23-,24-,25-/m0/s1. The van der Waals surface area contributed by atoms with Gasteiger partial charge in [0.2, 0.25) is 0 Å². The van der Waals surface area contributed by atoms with Crippen molar-refractivity contribution in [3.63, 3.8) is 0 Å². The molecule has 3 fully saturated rings. The van der Waals surface area contributed by atoms with Crippen molar-refractivity contribution in [3.8, 4) is 0 Å². The minimum Gasteiger partial charge on any atom is -0.462 e. The predicted octanol–water partition coefficient (Wildman–Crippen LogP) is 4.82. The van der Waals surface area contributed by atoms with E-state index < -0.39 is 0 Å². The van der Waals surface area contributed by atoms with Gasteiger partial charge >= 0.3 is 5.97 Å². The van der Waals surface area contributed by atoms with E-state index in [1.165, 1.54) is 38.5 Å². The highest BCUT2D eigenvalue weighted by Gasteiger charge is 2.59. The van der Waals surface area contributed by atoms with Crippen LogP contribution in [0, 0.1) is 28.6 Å². The van der Waals surface area contributed by atoms with Crippen molar-refractivity contribution >= 4 is 11.7 Å². The number of oxime groups is 1. The van der Waals surface area contributed by atoms with Crippen molar-refractivity contribution < 1.29 is 14.4 Å². The van der Waals surface area contributed by atoms with Gasteiger partial charge in [-0.3, -0.25) is 4.79 Å². The van der Waals surface area contributed by atoms with Crippen LogP contribution in [0.15, 0.2) is 16.8 Å². The predicted molar refractivity (Wildman–Crippen MR) is 119 cm³/mol. The second-order valence-electron chi connectivity index (χ2n) is 10.9. The number of carbonyl (C=O) groups excluding carboxylic acids is 1. The molecule has 6 atom stereocenters. The Labute approximate surface area is 182 Å². The molecule has 30 heavy (non-hydrogen) atoms. The fourth-order valence-corrected chi connectivity index (χ4v) is 7.34. The lowest BCUT2D eigenvalue weighted by molar-refractivity contribution is -0.157. The van der Waals surface area contributed by atoms with Crippen LogP contribution in [0.5, 0.6) is 0 Å². The van der Waals surface area contributed by atoms with Crippen molar-refractivity contribution in [2.45, 2.75) is 78.2 Å². The van der Waals surface area contributed by atoms with Crippen LogP contribution in [-0.4, -0.2) is 49.9 Å². The molecule has 0 amide bonds. The van der Waals surface area contributed by atoms with E-state index in [0.717, 1.165) is 36.9 Å². The van der Waals surface area contributed by atoms with E-state index in [9.17, 15) is 4.79 Å². The van der Waals surface area contributed by atoms with Crippen LogP contribution in [0.2, 0.25) is 0 Å². The number of fused-ring (bicyclic) bond motifs is 5. The summed E-state index contributed by atoms with van der Waals surface area (Å²) in [5.74, 6) is 2.10. The molecule has 5 nitrogen and oxygen atoms in total. The average molecular weight is 417 g/mol. The highest BCUT2D eigenvalue weighted by Crippen LogP contribution is 2.65. The molecule has 0 radical (unpaired) electrons. The van der Waals surface area contributed by atoms with Crippen LogP contribution in [0.4, 0.5) is 0 Å². The summed E-state index contributed by atoms with van der Waals surface area (Å²) >= 11 is 0. The number of ether oxygens (including phenoxy) is 1. The van der Waals surface area contributed by atoms with Gasteiger partial charge in [-0.25, -0.2) is 0 Å². The Morgan fingerprint density at radius 1 is 1.13 bits per heavy atom. The normalized spacial score (nSPS) is 41.7. The van der Waals surface area contributed by atoms with Crippen molar-refractivity contribution in [1.82, 2.24) is 4.90 Å². The molecule has 0 saturated heterocycles. The smallest absolute Gasteiger partial charge is 0.302 e. The van der Waals surface area contributed by atoms with Gasteiger partial charge in [-0.05, 0) is 94.7 Å². The summed E-state index contributed by atoms with van der Waals surface area (Å²) in [5.41, 5.74) is 3.19. The molecule has 4 aliphatic carbocycles. The van der Waals surface area contributed by atoms with E-state index in [4.69, 9.17) is 9.57 Å². The first-order valence-electron chi connectivity index (χ1n) is 12.0. The first-order chi connectivity index (χ1) is 14.2. The van der Waals surface area contributed by atoms with Crippen LogP contribution in [-0.2, 0) is 14.4 Å². The number of hydrogen-bond acceptors (Lipinski definition) is 5. The van der Waals surface area contributed by atoms with Crippen LogP contribution in [0.25, 0.3) is 0 Å². The topological polar surface area (TPSA) is 51.1 Å². The molecular formula is C25H40N2O3.